The molecule has 0 aromatic heterocycles. The van der Waals surface area contributed by atoms with E-state index in [1.807, 2.05) is 0 Å². The predicted molar refractivity (Wildman–Crippen MR) is 132 cm³/mol. The van der Waals surface area contributed by atoms with E-state index in [4.69, 9.17) is 16.3 Å². The second kappa shape index (κ2) is 11.6. The van der Waals surface area contributed by atoms with Crippen molar-refractivity contribution in [1.29, 1.82) is 0 Å². The Kier molecular flexibility index (Phi) is 8.64. The minimum Gasteiger partial charge on any atom is -0.385 e. The second-order valence-corrected chi connectivity index (χ2v) is 9.30. The highest BCUT2D eigenvalue weighted by molar-refractivity contribution is 7.92. The molecule has 0 atom stereocenters. The van der Waals surface area contributed by atoms with Crippen LogP contribution in [0.1, 0.15) is 27.1 Å². The van der Waals surface area contributed by atoms with Crippen molar-refractivity contribution in [2.75, 3.05) is 30.3 Å². The van der Waals surface area contributed by atoms with Gasteiger partial charge in [0.2, 0.25) is 0 Å². The first-order valence-electron chi connectivity index (χ1n) is 10.4. The molecule has 0 unspecified atom stereocenters. The van der Waals surface area contributed by atoms with E-state index in [1.165, 1.54) is 30.3 Å². The number of sulfonamides is 1. The monoisotopic (exact) mass is 501 g/mol. The lowest BCUT2D eigenvalue weighted by atomic mass is 10.1. The molecular weight excluding hydrogens is 478 g/mol. The molecule has 0 fully saturated rings. The average molecular weight is 502 g/mol. The molecular formula is C24H24ClN3O5S. The van der Waals surface area contributed by atoms with Crippen LogP contribution in [0.5, 0.6) is 0 Å². The Balaban J connectivity index is 1.72. The third kappa shape index (κ3) is 6.57. The van der Waals surface area contributed by atoms with Crippen LogP contribution in [-0.4, -0.2) is 40.5 Å². The fourth-order valence-electron chi connectivity index (χ4n) is 3.07. The number of carbonyl (C=O) groups is 2. The molecule has 0 aliphatic rings. The van der Waals surface area contributed by atoms with Gasteiger partial charge in [-0.1, -0.05) is 41.9 Å². The summed E-state index contributed by atoms with van der Waals surface area (Å²) in [6.07, 6.45) is 0.659. The predicted octanol–water partition coefficient (Wildman–Crippen LogP) is 4.16. The highest BCUT2D eigenvalue weighted by Gasteiger charge is 2.18. The van der Waals surface area contributed by atoms with Crippen LogP contribution in [0.4, 0.5) is 11.4 Å². The van der Waals surface area contributed by atoms with E-state index in [9.17, 15) is 18.0 Å². The molecule has 10 heteroatoms. The van der Waals surface area contributed by atoms with Crippen molar-refractivity contribution in [2.24, 2.45) is 0 Å². The van der Waals surface area contributed by atoms with Crippen LogP contribution in [0.25, 0.3) is 0 Å². The third-order valence-electron chi connectivity index (χ3n) is 4.75. The molecule has 3 rings (SSSR count). The highest BCUT2D eigenvalue weighted by atomic mass is 35.5. The molecule has 8 nitrogen and oxygen atoms in total. The summed E-state index contributed by atoms with van der Waals surface area (Å²) in [7, 11) is -2.21. The number of hydrogen-bond donors (Lipinski definition) is 3. The quantitative estimate of drug-likeness (QED) is 0.361. The molecule has 0 saturated heterocycles. The van der Waals surface area contributed by atoms with Gasteiger partial charge in [0.25, 0.3) is 21.8 Å². The zero-order valence-electron chi connectivity index (χ0n) is 18.4. The van der Waals surface area contributed by atoms with E-state index in [0.717, 1.165) is 0 Å². The molecule has 34 heavy (non-hydrogen) atoms. The van der Waals surface area contributed by atoms with Crippen LogP contribution in [0.3, 0.4) is 0 Å². The highest BCUT2D eigenvalue weighted by Crippen LogP contribution is 2.25. The molecule has 3 aromatic rings. The van der Waals surface area contributed by atoms with Crippen LogP contribution < -0.4 is 15.4 Å². The Hall–Kier alpha value is -3.40. The van der Waals surface area contributed by atoms with Crippen LogP contribution in [0.2, 0.25) is 5.02 Å². The number of ether oxygens (including phenoxy) is 1. The maximum absolute atomic E-state index is 12.8. The number of benzene rings is 3. The first-order chi connectivity index (χ1) is 16.3. The number of para-hydroxylation sites is 1. The Labute approximate surface area is 203 Å². The summed E-state index contributed by atoms with van der Waals surface area (Å²) < 4.78 is 32.4. The summed E-state index contributed by atoms with van der Waals surface area (Å²) in [5, 5.41) is 5.52. The van der Waals surface area contributed by atoms with Crippen molar-refractivity contribution in [3.63, 3.8) is 0 Å². The molecule has 2 amide bonds. The Morgan fingerprint density at radius 3 is 2.32 bits per heavy atom. The van der Waals surface area contributed by atoms with Gasteiger partial charge in [-0.05, 0) is 48.9 Å². The first kappa shape index (κ1) is 25.2. The van der Waals surface area contributed by atoms with Gasteiger partial charge in [0.15, 0.2) is 0 Å². The van der Waals surface area contributed by atoms with E-state index in [-0.39, 0.29) is 27.1 Å². The van der Waals surface area contributed by atoms with Gasteiger partial charge >= 0.3 is 0 Å². The van der Waals surface area contributed by atoms with E-state index < -0.39 is 15.9 Å². The fourth-order valence-corrected chi connectivity index (χ4v) is 4.41. The minimum absolute atomic E-state index is 0.0484. The van der Waals surface area contributed by atoms with Gasteiger partial charge in [-0.25, -0.2) is 8.42 Å². The van der Waals surface area contributed by atoms with Gasteiger partial charge in [-0.3, -0.25) is 14.3 Å². The van der Waals surface area contributed by atoms with E-state index in [2.05, 4.69) is 15.4 Å². The van der Waals surface area contributed by atoms with Crippen LogP contribution in [0.15, 0.2) is 77.7 Å². The zero-order chi connectivity index (χ0) is 24.6. The summed E-state index contributed by atoms with van der Waals surface area (Å²) in [5.74, 6) is -0.870. The summed E-state index contributed by atoms with van der Waals surface area (Å²) in [4.78, 5) is 25.5. The molecule has 3 aromatic carbocycles. The summed E-state index contributed by atoms with van der Waals surface area (Å²) in [6, 6.07) is 18.7. The standard InChI is InChI=1S/C24H24ClN3O5S/c1-33-15-7-14-26-23(29)20-10-5-6-11-22(20)27-24(30)19-13-12-17(16-21(19)25)28-34(31,32)18-8-3-2-4-9-18/h2-6,8-13,16,28H,7,14-15H2,1H3,(H,26,29)(H,27,30). The smallest absolute Gasteiger partial charge is 0.261 e. The number of hydrogen-bond acceptors (Lipinski definition) is 5. The van der Waals surface area contributed by atoms with Gasteiger partial charge in [0.1, 0.15) is 0 Å². The Morgan fingerprint density at radius 2 is 1.62 bits per heavy atom. The number of methoxy groups -OCH3 is 1. The molecule has 0 aliphatic carbocycles. The van der Waals surface area contributed by atoms with Gasteiger partial charge in [0.05, 0.1) is 32.4 Å². The number of nitrogens with one attached hydrogen (secondary N) is 3. The lowest BCUT2D eigenvalue weighted by Crippen LogP contribution is -2.26. The fraction of sp³-hybridized carbons (Fsp3) is 0.167. The van der Waals surface area contributed by atoms with E-state index in [1.54, 1.807) is 49.6 Å². The van der Waals surface area contributed by atoms with Crippen molar-refractivity contribution < 1.29 is 22.7 Å². The van der Waals surface area contributed by atoms with Gasteiger partial charge in [-0.15, -0.1) is 0 Å². The molecule has 0 heterocycles. The zero-order valence-corrected chi connectivity index (χ0v) is 19.9. The molecule has 0 saturated carbocycles. The summed E-state index contributed by atoms with van der Waals surface area (Å²) in [6.45, 7) is 0.954. The van der Waals surface area contributed by atoms with Crippen molar-refractivity contribution in [2.45, 2.75) is 11.3 Å². The Morgan fingerprint density at radius 1 is 0.912 bits per heavy atom. The third-order valence-corrected chi connectivity index (χ3v) is 6.46. The molecule has 178 valence electrons. The van der Waals surface area contributed by atoms with Crippen LogP contribution >= 0.6 is 11.6 Å². The number of halogens is 1. The molecule has 0 radical (unpaired) electrons. The van der Waals surface area contributed by atoms with E-state index >= 15 is 0 Å². The number of rotatable bonds is 10. The molecule has 0 aliphatic heterocycles. The normalized spacial score (nSPS) is 11.0. The molecule has 3 N–H and O–H groups in total. The van der Waals surface area contributed by atoms with Gasteiger partial charge in [-0.2, -0.15) is 0 Å². The topological polar surface area (TPSA) is 114 Å². The SMILES string of the molecule is COCCCNC(=O)c1ccccc1NC(=O)c1ccc(NS(=O)(=O)c2ccccc2)cc1Cl. The minimum atomic E-state index is -3.80. The largest absolute Gasteiger partial charge is 0.385 e. The Bertz CT molecular complexity index is 1270. The number of amides is 2. The molecule has 0 bridgehead atoms. The van der Waals surface area contributed by atoms with Crippen molar-refractivity contribution in [3.8, 4) is 0 Å². The maximum Gasteiger partial charge on any atom is 0.261 e. The maximum atomic E-state index is 12.8. The second-order valence-electron chi connectivity index (χ2n) is 7.22. The van der Waals surface area contributed by atoms with Crippen molar-refractivity contribution in [3.05, 3.63) is 88.9 Å². The van der Waals surface area contributed by atoms with Gasteiger partial charge < -0.3 is 15.4 Å². The number of carbonyl (C=O) groups excluding carboxylic acids is 2. The van der Waals surface area contributed by atoms with Crippen LogP contribution in [0, 0.1) is 0 Å². The summed E-state index contributed by atoms with van der Waals surface area (Å²) in [5.41, 5.74) is 0.958. The van der Waals surface area contributed by atoms with Crippen molar-refractivity contribution >= 4 is 44.8 Å². The number of anilines is 2. The van der Waals surface area contributed by atoms with Gasteiger partial charge in [0, 0.05) is 20.3 Å². The van der Waals surface area contributed by atoms with Crippen LogP contribution in [-0.2, 0) is 14.8 Å². The van der Waals surface area contributed by atoms with Crippen molar-refractivity contribution in [1.82, 2.24) is 5.32 Å². The lowest BCUT2D eigenvalue weighted by molar-refractivity contribution is 0.0949. The summed E-state index contributed by atoms with van der Waals surface area (Å²) >= 11 is 6.28. The average Bonchev–Trinajstić information content (AvgIpc) is 2.82. The lowest BCUT2D eigenvalue weighted by Gasteiger charge is -2.13. The van der Waals surface area contributed by atoms with E-state index in [0.29, 0.717) is 30.8 Å². The molecule has 0 spiro atoms. The first-order valence-corrected chi connectivity index (χ1v) is 12.2.